The smallest absolute Gasteiger partial charge is 0.240 e. The molecule has 0 amide bonds. The Kier molecular flexibility index (Phi) is 4.91. The molecule has 1 aliphatic heterocycles. The molecule has 1 aromatic heterocycles. The fourth-order valence-electron chi connectivity index (χ4n) is 2.95. The number of hydrogen-bond acceptors (Lipinski definition) is 6. The van der Waals surface area contributed by atoms with Gasteiger partial charge in [-0.25, -0.2) is 23.5 Å². The SMILES string of the molecule is CC(C)c1nccc(N2CCN(c3ccccc3S(N)(=O)=O)CC2)n1. The van der Waals surface area contributed by atoms with E-state index in [4.69, 9.17) is 5.14 Å². The summed E-state index contributed by atoms with van der Waals surface area (Å²) in [5.41, 5.74) is 0.662. The van der Waals surface area contributed by atoms with Crippen LogP contribution in [0.25, 0.3) is 0 Å². The first-order chi connectivity index (χ1) is 11.9. The number of para-hydroxylation sites is 1. The highest BCUT2D eigenvalue weighted by Gasteiger charge is 2.23. The molecular formula is C17H23N5O2S. The third-order valence-corrected chi connectivity index (χ3v) is 5.25. The van der Waals surface area contributed by atoms with E-state index in [-0.39, 0.29) is 10.8 Å². The number of nitrogens with zero attached hydrogens (tertiary/aromatic N) is 4. The van der Waals surface area contributed by atoms with Gasteiger partial charge in [-0.1, -0.05) is 26.0 Å². The highest BCUT2D eigenvalue weighted by Crippen LogP contribution is 2.26. The van der Waals surface area contributed by atoms with Gasteiger partial charge in [-0.3, -0.25) is 0 Å². The van der Waals surface area contributed by atoms with Crippen LogP contribution in [0.1, 0.15) is 25.6 Å². The third kappa shape index (κ3) is 3.91. The fraction of sp³-hybridized carbons (Fsp3) is 0.412. The molecule has 0 unspecified atom stereocenters. The van der Waals surface area contributed by atoms with Gasteiger partial charge in [-0.15, -0.1) is 0 Å². The van der Waals surface area contributed by atoms with Crippen LogP contribution in [0.3, 0.4) is 0 Å². The van der Waals surface area contributed by atoms with E-state index in [9.17, 15) is 8.42 Å². The van der Waals surface area contributed by atoms with Crippen LogP contribution in [-0.2, 0) is 10.0 Å². The number of primary sulfonamides is 1. The molecule has 1 fully saturated rings. The predicted octanol–water partition coefficient (Wildman–Crippen LogP) is 1.57. The summed E-state index contributed by atoms with van der Waals surface area (Å²) in [7, 11) is -3.74. The molecule has 134 valence electrons. The number of hydrogen-bond donors (Lipinski definition) is 1. The molecule has 0 bridgehead atoms. The highest BCUT2D eigenvalue weighted by molar-refractivity contribution is 7.89. The number of aromatic nitrogens is 2. The van der Waals surface area contributed by atoms with Crippen LogP contribution in [0.5, 0.6) is 0 Å². The van der Waals surface area contributed by atoms with Crippen LogP contribution in [0.2, 0.25) is 0 Å². The molecule has 1 aliphatic rings. The topological polar surface area (TPSA) is 92.4 Å². The van der Waals surface area contributed by atoms with E-state index in [0.717, 1.165) is 24.7 Å². The van der Waals surface area contributed by atoms with Crippen molar-refractivity contribution in [2.45, 2.75) is 24.7 Å². The first-order valence-corrected chi connectivity index (χ1v) is 9.85. The van der Waals surface area contributed by atoms with E-state index in [1.165, 1.54) is 0 Å². The van der Waals surface area contributed by atoms with Gasteiger partial charge >= 0.3 is 0 Å². The molecule has 2 aromatic rings. The number of rotatable bonds is 4. The molecular weight excluding hydrogens is 338 g/mol. The van der Waals surface area contributed by atoms with Gasteiger partial charge in [0.25, 0.3) is 0 Å². The van der Waals surface area contributed by atoms with Crippen LogP contribution in [0.15, 0.2) is 41.4 Å². The van der Waals surface area contributed by atoms with Crippen molar-refractivity contribution in [1.29, 1.82) is 0 Å². The number of piperazine rings is 1. The van der Waals surface area contributed by atoms with E-state index in [2.05, 4.69) is 33.6 Å². The van der Waals surface area contributed by atoms with Crippen molar-refractivity contribution in [3.63, 3.8) is 0 Å². The van der Waals surface area contributed by atoms with E-state index < -0.39 is 10.0 Å². The standard InChI is InChI=1S/C17H23N5O2S/c1-13(2)17-19-8-7-16(20-17)22-11-9-21(10-12-22)14-5-3-4-6-15(14)25(18,23)24/h3-8,13H,9-12H2,1-2H3,(H2,18,23,24). The van der Waals surface area contributed by atoms with Crippen LogP contribution in [0.4, 0.5) is 11.5 Å². The van der Waals surface area contributed by atoms with Gasteiger partial charge < -0.3 is 9.80 Å². The molecule has 1 saturated heterocycles. The average Bonchev–Trinajstić information content (AvgIpc) is 2.61. The van der Waals surface area contributed by atoms with Crippen molar-refractivity contribution >= 4 is 21.5 Å². The number of sulfonamides is 1. The van der Waals surface area contributed by atoms with E-state index in [1.807, 2.05) is 12.1 Å². The van der Waals surface area contributed by atoms with Crippen molar-refractivity contribution in [1.82, 2.24) is 9.97 Å². The summed E-state index contributed by atoms with van der Waals surface area (Å²) in [4.78, 5) is 13.4. The maximum absolute atomic E-state index is 11.8. The van der Waals surface area contributed by atoms with Gasteiger partial charge in [0, 0.05) is 38.3 Å². The Bertz CT molecular complexity index is 846. The molecule has 0 radical (unpaired) electrons. The maximum Gasteiger partial charge on any atom is 0.240 e. The molecule has 1 aromatic carbocycles. The van der Waals surface area contributed by atoms with Crippen LogP contribution in [-0.4, -0.2) is 44.6 Å². The predicted molar refractivity (Wildman–Crippen MR) is 98.4 cm³/mol. The molecule has 0 aliphatic carbocycles. The lowest BCUT2D eigenvalue weighted by Crippen LogP contribution is -2.47. The number of benzene rings is 1. The Morgan fingerprint density at radius 3 is 2.32 bits per heavy atom. The third-order valence-electron chi connectivity index (χ3n) is 4.29. The summed E-state index contributed by atoms with van der Waals surface area (Å²) in [6, 6.07) is 8.79. The average molecular weight is 361 g/mol. The molecule has 0 spiro atoms. The van der Waals surface area contributed by atoms with Gasteiger partial charge in [-0.05, 0) is 18.2 Å². The van der Waals surface area contributed by atoms with E-state index >= 15 is 0 Å². The summed E-state index contributed by atoms with van der Waals surface area (Å²) in [6.45, 7) is 7.06. The molecule has 7 nitrogen and oxygen atoms in total. The first kappa shape index (κ1) is 17.6. The normalized spacial score (nSPS) is 15.7. The highest BCUT2D eigenvalue weighted by atomic mass is 32.2. The fourth-order valence-corrected chi connectivity index (χ4v) is 3.71. The lowest BCUT2D eigenvalue weighted by Gasteiger charge is -2.37. The molecule has 25 heavy (non-hydrogen) atoms. The Hall–Kier alpha value is -2.19. The molecule has 3 rings (SSSR count). The minimum atomic E-state index is -3.74. The molecule has 2 heterocycles. The maximum atomic E-state index is 11.8. The van der Waals surface area contributed by atoms with Crippen molar-refractivity contribution in [3.8, 4) is 0 Å². The Balaban J connectivity index is 1.76. The minimum absolute atomic E-state index is 0.174. The molecule has 2 N–H and O–H groups in total. The Labute approximate surface area is 148 Å². The summed E-state index contributed by atoms with van der Waals surface area (Å²) < 4.78 is 23.6. The molecule has 0 atom stereocenters. The Morgan fingerprint density at radius 2 is 1.68 bits per heavy atom. The largest absolute Gasteiger partial charge is 0.367 e. The second kappa shape index (κ2) is 6.97. The van der Waals surface area contributed by atoms with Crippen LogP contribution < -0.4 is 14.9 Å². The first-order valence-electron chi connectivity index (χ1n) is 8.31. The second-order valence-corrected chi connectivity index (χ2v) is 7.94. The Morgan fingerprint density at radius 1 is 1.04 bits per heavy atom. The van der Waals surface area contributed by atoms with Crippen molar-refractivity contribution in [3.05, 3.63) is 42.4 Å². The number of nitrogens with two attached hydrogens (primary N) is 1. The summed E-state index contributed by atoms with van der Waals surface area (Å²) >= 11 is 0. The van der Waals surface area contributed by atoms with Crippen molar-refractivity contribution < 1.29 is 8.42 Å². The second-order valence-electron chi connectivity index (χ2n) is 6.41. The zero-order valence-corrected chi connectivity index (χ0v) is 15.3. The van der Waals surface area contributed by atoms with Gasteiger partial charge in [0.2, 0.25) is 10.0 Å². The molecule has 8 heteroatoms. The molecule has 0 saturated carbocycles. The van der Waals surface area contributed by atoms with Gasteiger partial charge in [-0.2, -0.15) is 0 Å². The summed E-state index contributed by atoms with van der Waals surface area (Å²) in [5.74, 6) is 2.03. The minimum Gasteiger partial charge on any atom is -0.367 e. The summed E-state index contributed by atoms with van der Waals surface area (Å²) in [6.07, 6.45) is 1.79. The zero-order valence-electron chi connectivity index (χ0n) is 14.5. The van der Waals surface area contributed by atoms with Crippen molar-refractivity contribution in [2.75, 3.05) is 36.0 Å². The lowest BCUT2D eigenvalue weighted by molar-refractivity contribution is 0.595. The zero-order chi connectivity index (χ0) is 18.0. The van der Waals surface area contributed by atoms with Gasteiger partial charge in [0.1, 0.15) is 16.5 Å². The lowest BCUT2D eigenvalue weighted by atomic mass is 10.2. The van der Waals surface area contributed by atoms with Gasteiger partial charge in [0.05, 0.1) is 5.69 Å². The summed E-state index contributed by atoms with van der Waals surface area (Å²) in [5, 5.41) is 5.35. The van der Waals surface area contributed by atoms with Crippen molar-refractivity contribution in [2.24, 2.45) is 5.14 Å². The van der Waals surface area contributed by atoms with Gasteiger partial charge in [0.15, 0.2) is 0 Å². The van der Waals surface area contributed by atoms with Crippen LogP contribution in [0, 0.1) is 0 Å². The quantitative estimate of drug-likeness (QED) is 0.889. The van der Waals surface area contributed by atoms with E-state index in [1.54, 1.807) is 24.4 Å². The monoisotopic (exact) mass is 361 g/mol. The van der Waals surface area contributed by atoms with E-state index in [0.29, 0.717) is 18.8 Å². The van der Waals surface area contributed by atoms with Crippen LogP contribution >= 0.6 is 0 Å². The number of anilines is 2.